The van der Waals surface area contributed by atoms with E-state index in [4.69, 9.17) is 0 Å². The third kappa shape index (κ3) is 1.86. The summed E-state index contributed by atoms with van der Waals surface area (Å²) in [5, 5.41) is 3.22. The summed E-state index contributed by atoms with van der Waals surface area (Å²) in [6, 6.07) is 9.34. The van der Waals surface area contributed by atoms with Crippen molar-refractivity contribution in [1.29, 1.82) is 0 Å². The van der Waals surface area contributed by atoms with Crippen molar-refractivity contribution in [2.24, 2.45) is 0 Å². The van der Waals surface area contributed by atoms with Crippen molar-refractivity contribution in [3.8, 4) is 22.8 Å². The second kappa shape index (κ2) is 4.60. The van der Waals surface area contributed by atoms with Crippen LogP contribution in [0.2, 0.25) is 0 Å². The van der Waals surface area contributed by atoms with Crippen molar-refractivity contribution in [3.05, 3.63) is 46.4 Å². The van der Waals surface area contributed by atoms with Crippen LogP contribution >= 0.6 is 0 Å². The van der Waals surface area contributed by atoms with Crippen LogP contribution in [0.4, 0.5) is 5.95 Å². The van der Waals surface area contributed by atoms with E-state index in [0.717, 1.165) is 11.3 Å². The molecule has 0 radical (unpaired) electrons. The summed E-state index contributed by atoms with van der Waals surface area (Å²) in [4.78, 5) is 30.4. The van der Waals surface area contributed by atoms with Crippen LogP contribution in [0.15, 0.2) is 35.1 Å². The highest BCUT2D eigenvalue weighted by Gasteiger charge is 2.31. The van der Waals surface area contributed by atoms with Crippen molar-refractivity contribution in [2.45, 2.75) is 6.17 Å². The van der Waals surface area contributed by atoms with Gasteiger partial charge in [0, 0.05) is 5.56 Å². The molecule has 22 heavy (non-hydrogen) atoms. The molecule has 2 bridgehead atoms. The van der Waals surface area contributed by atoms with Gasteiger partial charge < -0.3 is 10.3 Å². The Kier molecular flexibility index (Phi) is 2.70. The second-order valence-electron chi connectivity index (χ2n) is 5.42. The highest BCUT2D eigenvalue weighted by molar-refractivity contribution is 5.67. The topological polar surface area (TPSA) is 86.8 Å². The lowest BCUT2D eigenvalue weighted by molar-refractivity contribution is 0.333. The molecule has 3 heterocycles. The smallest absolute Gasteiger partial charge is 0.298 e. The van der Waals surface area contributed by atoms with E-state index in [-0.39, 0.29) is 11.7 Å². The lowest BCUT2D eigenvalue weighted by Gasteiger charge is -2.19. The highest BCUT2D eigenvalue weighted by atomic mass is 16.1. The minimum atomic E-state index is -0.346. The molecule has 0 saturated heterocycles. The van der Waals surface area contributed by atoms with Gasteiger partial charge in [0.1, 0.15) is 23.2 Å². The van der Waals surface area contributed by atoms with Gasteiger partial charge in [-0.15, -0.1) is 0 Å². The standard InChI is InChI=1S/C15H14N6O/c1-21(2)13-11-10-12(19-15(17-11)20-13)18-14(22)9(16-10)8-6-4-3-5-7-8/h3-7,13H,1-2H3,(H2,17,18,19,20,22). The first-order valence-corrected chi connectivity index (χ1v) is 6.94. The third-order valence-corrected chi connectivity index (χ3v) is 3.67. The number of hydrogen-bond donors (Lipinski definition) is 2. The molecule has 0 aromatic heterocycles. The van der Waals surface area contributed by atoms with Crippen LogP contribution in [0.1, 0.15) is 11.9 Å². The maximum Gasteiger partial charge on any atom is 0.298 e. The first-order valence-electron chi connectivity index (χ1n) is 6.94. The molecule has 7 heteroatoms. The van der Waals surface area contributed by atoms with Gasteiger partial charge in [0.2, 0.25) is 5.95 Å². The fraction of sp³-hybridized carbons (Fsp3) is 0.200. The van der Waals surface area contributed by atoms with E-state index in [1.165, 1.54) is 0 Å². The van der Waals surface area contributed by atoms with E-state index in [0.29, 0.717) is 23.2 Å². The van der Waals surface area contributed by atoms with Crippen LogP contribution in [-0.2, 0) is 0 Å². The number of rotatable bonds is 2. The van der Waals surface area contributed by atoms with Gasteiger partial charge in [0.15, 0.2) is 5.82 Å². The zero-order valence-corrected chi connectivity index (χ0v) is 12.2. The minimum Gasteiger partial charge on any atom is -0.335 e. The van der Waals surface area contributed by atoms with Crippen LogP contribution in [0.5, 0.6) is 0 Å². The molecule has 7 nitrogen and oxygen atoms in total. The van der Waals surface area contributed by atoms with E-state index in [1.807, 2.05) is 49.3 Å². The molecule has 0 fully saturated rings. The van der Waals surface area contributed by atoms with Crippen molar-refractivity contribution in [1.82, 2.24) is 24.8 Å². The fourth-order valence-electron chi connectivity index (χ4n) is 2.61. The number of H-pyrrole nitrogens is 1. The molecular weight excluding hydrogens is 280 g/mol. The number of hydrogen-bond acceptors (Lipinski definition) is 6. The van der Waals surface area contributed by atoms with Crippen LogP contribution in [-0.4, -0.2) is 38.9 Å². The predicted octanol–water partition coefficient (Wildman–Crippen LogP) is 1.32. The Morgan fingerprint density at radius 1 is 1.05 bits per heavy atom. The van der Waals surface area contributed by atoms with Gasteiger partial charge in [-0.25, -0.2) is 9.97 Å². The number of anilines is 1. The Morgan fingerprint density at radius 3 is 2.55 bits per heavy atom. The molecule has 3 aliphatic rings. The molecule has 1 unspecified atom stereocenters. The van der Waals surface area contributed by atoms with E-state index in [9.17, 15) is 4.79 Å². The number of benzene rings is 1. The average Bonchev–Trinajstić information content (AvgIpc) is 2.86. The summed E-state index contributed by atoms with van der Waals surface area (Å²) in [6.45, 7) is 0. The van der Waals surface area contributed by atoms with Gasteiger partial charge in [0.25, 0.3) is 5.56 Å². The van der Waals surface area contributed by atoms with Gasteiger partial charge in [0.05, 0.1) is 0 Å². The van der Waals surface area contributed by atoms with E-state index >= 15 is 0 Å². The molecule has 0 amide bonds. The Labute approximate surface area is 126 Å². The summed E-state index contributed by atoms with van der Waals surface area (Å²) in [6.07, 6.45) is -0.0841. The van der Waals surface area contributed by atoms with Crippen molar-refractivity contribution in [3.63, 3.8) is 0 Å². The molecule has 1 atom stereocenters. The SMILES string of the molecule is CN(C)C1Nc2nc1c1nc(-c3ccccc3)c(=O)nc-1[nH]2. The van der Waals surface area contributed by atoms with E-state index in [1.54, 1.807) is 0 Å². The van der Waals surface area contributed by atoms with Crippen LogP contribution in [0, 0.1) is 0 Å². The molecule has 0 aliphatic carbocycles. The summed E-state index contributed by atoms with van der Waals surface area (Å²) in [7, 11) is 3.91. The average molecular weight is 294 g/mol. The third-order valence-electron chi connectivity index (χ3n) is 3.67. The second-order valence-corrected chi connectivity index (χ2v) is 5.42. The van der Waals surface area contributed by atoms with Crippen LogP contribution in [0.25, 0.3) is 22.8 Å². The first kappa shape index (κ1) is 12.9. The van der Waals surface area contributed by atoms with Crippen LogP contribution in [0.3, 0.4) is 0 Å². The number of nitrogens with zero attached hydrogens (tertiary/aromatic N) is 4. The molecule has 2 N–H and O–H groups in total. The molecule has 4 rings (SSSR count). The maximum absolute atomic E-state index is 12.2. The number of aromatic amines is 1. The Bertz CT molecular complexity index is 873. The summed E-state index contributed by atoms with van der Waals surface area (Å²) >= 11 is 0. The van der Waals surface area contributed by atoms with Gasteiger partial charge >= 0.3 is 0 Å². The Hall–Kier alpha value is -2.80. The zero-order valence-electron chi connectivity index (χ0n) is 12.2. The molecule has 110 valence electrons. The van der Waals surface area contributed by atoms with Gasteiger partial charge in [-0.3, -0.25) is 9.69 Å². The fourth-order valence-corrected chi connectivity index (χ4v) is 2.61. The lowest BCUT2D eigenvalue weighted by atomic mass is 10.1. The van der Waals surface area contributed by atoms with Gasteiger partial charge in [-0.1, -0.05) is 30.3 Å². The Morgan fingerprint density at radius 2 is 1.82 bits per heavy atom. The lowest BCUT2D eigenvalue weighted by Crippen LogP contribution is -2.24. The van der Waals surface area contributed by atoms with Crippen molar-refractivity contribution >= 4 is 5.95 Å². The maximum atomic E-state index is 12.2. The zero-order chi connectivity index (χ0) is 15.3. The molecule has 1 aromatic carbocycles. The minimum absolute atomic E-state index is 0.0841. The summed E-state index contributed by atoms with van der Waals surface area (Å²) in [5.74, 6) is 1.06. The Balaban J connectivity index is 1.97. The van der Waals surface area contributed by atoms with Gasteiger partial charge in [-0.2, -0.15) is 4.98 Å². The van der Waals surface area contributed by atoms with Gasteiger partial charge in [-0.05, 0) is 14.1 Å². The summed E-state index contributed by atoms with van der Waals surface area (Å²) < 4.78 is 0. The number of fused-ring (bicyclic) bond motifs is 4. The normalized spacial score (nSPS) is 16.2. The monoisotopic (exact) mass is 294 g/mol. The predicted molar refractivity (Wildman–Crippen MR) is 82.6 cm³/mol. The van der Waals surface area contributed by atoms with Crippen molar-refractivity contribution < 1.29 is 0 Å². The molecule has 0 spiro atoms. The van der Waals surface area contributed by atoms with E-state index < -0.39 is 0 Å². The molecule has 3 aliphatic heterocycles. The molecule has 1 aromatic rings. The molecular formula is C15H14N6O. The van der Waals surface area contributed by atoms with E-state index in [2.05, 4.69) is 25.3 Å². The van der Waals surface area contributed by atoms with Crippen molar-refractivity contribution in [2.75, 3.05) is 19.4 Å². The number of aromatic nitrogens is 4. The quantitative estimate of drug-likeness (QED) is 0.741. The first-order chi connectivity index (χ1) is 10.6. The highest BCUT2D eigenvalue weighted by Crippen LogP contribution is 2.33. The largest absolute Gasteiger partial charge is 0.335 e. The van der Waals surface area contributed by atoms with Crippen LogP contribution < -0.4 is 10.9 Å². The summed E-state index contributed by atoms with van der Waals surface area (Å²) in [5.41, 5.74) is 2.15. The molecule has 0 saturated carbocycles. The number of nitrogens with one attached hydrogen (secondary N) is 2.